The van der Waals surface area contributed by atoms with Crippen molar-refractivity contribution >= 4 is 28.4 Å². The van der Waals surface area contributed by atoms with Crippen LogP contribution in [0.25, 0.3) is 10.9 Å². The third kappa shape index (κ3) is 4.84. The molecule has 37 heavy (non-hydrogen) atoms. The maximum atomic E-state index is 13.7. The van der Waals surface area contributed by atoms with Gasteiger partial charge in [0.05, 0.1) is 6.54 Å². The topological polar surface area (TPSA) is 74.4 Å². The SMILES string of the molecule is O=C(Nc1cccc(Oc2ccccc2)c1)C1CCCCC1C(=O)N1CCc2c([nH]c3ccccc23)C1. The van der Waals surface area contributed by atoms with Gasteiger partial charge in [-0.2, -0.15) is 0 Å². The Kier molecular flexibility index (Phi) is 6.39. The van der Waals surface area contributed by atoms with Crippen molar-refractivity contribution in [2.24, 2.45) is 11.8 Å². The van der Waals surface area contributed by atoms with E-state index >= 15 is 0 Å². The minimum absolute atomic E-state index is 0.0850. The normalized spacial score (nSPS) is 19.3. The summed E-state index contributed by atoms with van der Waals surface area (Å²) >= 11 is 0. The van der Waals surface area contributed by atoms with E-state index in [2.05, 4.69) is 28.5 Å². The number of aromatic nitrogens is 1. The monoisotopic (exact) mass is 493 g/mol. The van der Waals surface area contributed by atoms with E-state index in [0.717, 1.165) is 49.1 Å². The van der Waals surface area contributed by atoms with E-state index < -0.39 is 0 Å². The zero-order chi connectivity index (χ0) is 25.2. The lowest BCUT2D eigenvalue weighted by atomic mass is 9.77. The van der Waals surface area contributed by atoms with Gasteiger partial charge in [0.15, 0.2) is 0 Å². The van der Waals surface area contributed by atoms with Crippen LogP contribution in [0.3, 0.4) is 0 Å². The molecule has 2 unspecified atom stereocenters. The van der Waals surface area contributed by atoms with Crippen molar-refractivity contribution in [2.45, 2.75) is 38.6 Å². The lowest BCUT2D eigenvalue weighted by Crippen LogP contribution is -2.45. The third-order valence-electron chi connectivity index (χ3n) is 7.69. The highest BCUT2D eigenvalue weighted by atomic mass is 16.5. The molecule has 2 atom stereocenters. The highest BCUT2D eigenvalue weighted by Gasteiger charge is 2.39. The number of aromatic amines is 1. The summed E-state index contributed by atoms with van der Waals surface area (Å²) in [7, 11) is 0. The van der Waals surface area contributed by atoms with Crippen molar-refractivity contribution in [2.75, 3.05) is 11.9 Å². The number of para-hydroxylation sites is 2. The molecular weight excluding hydrogens is 462 g/mol. The number of ether oxygens (including phenoxy) is 1. The van der Waals surface area contributed by atoms with Crippen LogP contribution in [-0.4, -0.2) is 28.2 Å². The Labute approximate surface area is 216 Å². The Bertz CT molecular complexity index is 1430. The van der Waals surface area contributed by atoms with Crippen LogP contribution in [0.5, 0.6) is 11.5 Å². The molecule has 2 aliphatic rings. The van der Waals surface area contributed by atoms with Gasteiger partial charge in [-0.25, -0.2) is 0 Å². The van der Waals surface area contributed by atoms with E-state index in [1.165, 1.54) is 10.9 Å². The first kappa shape index (κ1) is 23.3. The molecular formula is C31H31N3O3. The number of nitrogens with one attached hydrogen (secondary N) is 2. The molecule has 1 fully saturated rings. The first-order chi connectivity index (χ1) is 18.2. The minimum Gasteiger partial charge on any atom is -0.457 e. The van der Waals surface area contributed by atoms with Crippen LogP contribution in [0.1, 0.15) is 36.9 Å². The molecule has 2 N–H and O–H groups in total. The van der Waals surface area contributed by atoms with Crippen molar-refractivity contribution in [1.82, 2.24) is 9.88 Å². The zero-order valence-corrected chi connectivity index (χ0v) is 20.8. The smallest absolute Gasteiger partial charge is 0.228 e. The number of anilines is 1. The van der Waals surface area contributed by atoms with E-state index in [1.54, 1.807) is 0 Å². The maximum absolute atomic E-state index is 13.7. The summed E-state index contributed by atoms with van der Waals surface area (Å²) in [5.74, 6) is 0.794. The number of hydrogen-bond acceptors (Lipinski definition) is 3. The molecule has 188 valence electrons. The molecule has 6 rings (SSSR count). The maximum Gasteiger partial charge on any atom is 0.228 e. The number of benzene rings is 3. The molecule has 0 radical (unpaired) electrons. The number of amides is 2. The number of H-pyrrole nitrogens is 1. The number of fused-ring (bicyclic) bond motifs is 3. The quantitative estimate of drug-likeness (QED) is 0.343. The second-order valence-electron chi connectivity index (χ2n) is 10.1. The molecule has 0 bridgehead atoms. The Morgan fingerprint density at radius 3 is 2.49 bits per heavy atom. The average Bonchev–Trinajstić information content (AvgIpc) is 3.31. The number of carbonyl (C=O) groups is 2. The highest BCUT2D eigenvalue weighted by molar-refractivity contribution is 5.96. The zero-order valence-electron chi connectivity index (χ0n) is 20.8. The predicted molar refractivity (Wildman–Crippen MR) is 144 cm³/mol. The summed E-state index contributed by atoms with van der Waals surface area (Å²) in [6.07, 6.45) is 4.26. The van der Waals surface area contributed by atoms with Gasteiger partial charge in [0.2, 0.25) is 11.8 Å². The van der Waals surface area contributed by atoms with Gasteiger partial charge in [0, 0.05) is 46.7 Å². The Morgan fingerprint density at radius 1 is 0.865 bits per heavy atom. The number of hydrogen-bond donors (Lipinski definition) is 2. The van der Waals surface area contributed by atoms with Crippen LogP contribution in [0, 0.1) is 11.8 Å². The van der Waals surface area contributed by atoms with Crippen LogP contribution in [0.4, 0.5) is 5.69 Å². The van der Waals surface area contributed by atoms with Crippen molar-refractivity contribution in [1.29, 1.82) is 0 Å². The van der Waals surface area contributed by atoms with Crippen LogP contribution in [0.15, 0.2) is 78.9 Å². The van der Waals surface area contributed by atoms with Crippen LogP contribution < -0.4 is 10.1 Å². The molecule has 2 amide bonds. The van der Waals surface area contributed by atoms with Gasteiger partial charge in [0.1, 0.15) is 11.5 Å². The van der Waals surface area contributed by atoms with E-state index in [1.807, 2.05) is 65.6 Å². The lowest BCUT2D eigenvalue weighted by Gasteiger charge is -2.35. The first-order valence-electron chi connectivity index (χ1n) is 13.2. The average molecular weight is 494 g/mol. The molecule has 1 aliphatic carbocycles. The fraction of sp³-hybridized carbons (Fsp3) is 0.290. The second-order valence-corrected chi connectivity index (χ2v) is 10.1. The molecule has 1 aromatic heterocycles. The van der Waals surface area contributed by atoms with Crippen LogP contribution in [0.2, 0.25) is 0 Å². The molecule has 0 saturated heterocycles. The fourth-order valence-electron chi connectivity index (χ4n) is 5.85. The molecule has 6 nitrogen and oxygen atoms in total. The van der Waals surface area contributed by atoms with Crippen LogP contribution in [-0.2, 0) is 22.6 Å². The Morgan fingerprint density at radius 2 is 1.62 bits per heavy atom. The van der Waals surface area contributed by atoms with Crippen molar-refractivity contribution in [3.05, 3.63) is 90.1 Å². The molecule has 4 aromatic rings. The summed E-state index contributed by atoms with van der Waals surface area (Å²) in [6, 6.07) is 25.3. The number of nitrogens with zero attached hydrogens (tertiary/aromatic N) is 1. The molecule has 1 aliphatic heterocycles. The highest BCUT2D eigenvalue weighted by Crippen LogP contribution is 2.35. The lowest BCUT2D eigenvalue weighted by molar-refractivity contribution is -0.143. The number of rotatable bonds is 5. The third-order valence-corrected chi connectivity index (χ3v) is 7.69. The standard InChI is InChI=1S/C31H31N3O3/c35-30(32-21-9-8-12-23(19-21)37-22-10-2-1-3-11-22)26-14-4-5-15-27(26)31(36)34-18-17-25-24-13-6-7-16-28(24)33-29(25)20-34/h1-3,6-13,16,19,26-27,33H,4-5,14-15,17-18,20H2,(H,32,35). The first-order valence-corrected chi connectivity index (χ1v) is 13.2. The van der Waals surface area contributed by atoms with Gasteiger partial charge in [-0.05, 0) is 55.2 Å². The van der Waals surface area contributed by atoms with Gasteiger partial charge >= 0.3 is 0 Å². The van der Waals surface area contributed by atoms with Gasteiger partial charge < -0.3 is 19.9 Å². The molecule has 6 heteroatoms. The Balaban J connectivity index is 1.15. The number of carbonyl (C=O) groups excluding carboxylic acids is 2. The van der Waals surface area contributed by atoms with Gasteiger partial charge in [0.25, 0.3) is 0 Å². The largest absolute Gasteiger partial charge is 0.457 e. The van der Waals surface area contributed by atoms with Crippen molar-refractivity contribution in [3.8, 4) is 11.5 Å². The van der Waals surface area contributed by atoms with Crippen molar-refractivity contribution in [3.63, 3.8) is 0 Å². The molecule has 0 spiro atoms. The summed E-state index contributed by atoms with van der Waals surface area (Å²) < 4.78 is 5.92. The van der Waals surface area contributed by atoms with Gasteiger partial charge in [-0.3, -0.25) is 9.59 Å². The van der Waals surface area contributed by atoms with E-state index in [4.69, 9.17) is 4.74 Å². The summed E-state index contributed by atoms with van der Waals surface area (Å²) in [5, 5.41) is 4.31. The van der Waals surface area contributed by atoms with Crippen LogP contribution >= 0.6 is 0 Å². The second kappa shape index (κ2) is 10.1. The summed E-state index contributed by atoms with van der Waals surface area (Å²) in [6.45, 7) is 1.27. The van der Waals surface area contributed by atoms with Gasteiger partial charge in [-0.15, -0.1) is 0 Å². The minimum atomic E-state index is -0.330. The summed E-state index contributed by atoms with van der Waals surface area (Å²) in [4.78, 5) is 32.6. The van der Waals surface area contributed by atoms with E-state index in [0.29, 0.717) is 24.5 Å². The van der Waals surface area contributed by atoms with Gasteiger partial charge in [-0.1, -0.05) is 55.3 Å². The van der Waals surface area contributed by atoms with E-state index in [-0.39, 0.29) is 23.7 Å². The Hall–Kier alpha value is -4.06. The van der Waals surface area contributed by atoms with E-state index in [9.17, 15) is 9.59 Å². The molecule has 3 aromatic carbocycles. The predicted octanol–water partition coefficient (Wildman–Crippen LogP) is 6.29. The fourth-order valence-corrected chi connectivity index (χ4v) is 5.85. The summed E-state index contributed by atoms with van der Waals surface area (Å²) in [5.41, 5.74) is 4.23. The molecule has 1 saturated carbocycles. The van der Waals surface area contributed by atoms with Crippen molar-refractivity contribution < 1.29 is 14.3 Å². The molecule has 2 heterocycles.